The number of unbranched alkanes of at least 4 members (excludes halogenated alkanes) is 5. The SMILES string of the molecule is [CH2]CCC=CCCCCC[CH2]. The smallest absolute Gasteiger partial charge is 0.0351 e. The first-order valence-corrected chi connectivity index (χ1v) is 4.65. The Hall–Kier alpha value is -0.260. The largest absolute Gasteiger partial charge is 0.0885 e. The Balaban J connectivity index is 2.89. The molecule has 11 heavy (non-hydrogen) atoms. The molecule has 0 spiro atoms. The third-order valence-corrected chi connectivity index (χ3v) is 1.66. The highest BCUT2D eigenvalue weighted by Crippen LogP contribution is 2.03. The first-order valence-electron chi connectivity index (χ1n) is 4.65. The number of rotatable bonds is 7. The van der Waals surface area contributed by atoms with E-state index < -0.39 is 0 Å². The minimum atomic E-state index is 1.02. The van der Waals surface area contributed by atoms with Gasteiger partial charge in [0.05, 0.1) is 0 Å². The van der Waals surface area contributed by atoms with Crippen LogP contribution in [0.5, 0.6) is 0 Å². The van der Waals surface area contributed by atoms with Crippen LogP contribution in [-0.2, 0) is 0 Å². The van der Waals surface area contributed by atoms with E-state index in [1.165, 1.54) is 25.7 Å². The van der Waals surface area contributed by atoms with Crippen molar-refractivity contribution in [3.05, 3.63) is 26.0 Å². The fourth-order valence-electron chi connectivity index (χ4n) is 0.969. The van der Waals surface area contributed by atoms with Crippen molar-refractivity contribution in [2.45, 2.75) is 44.9 Å². The third kappa shape index (κ3) is 9.74. The monoisotopic (exact) mass is 152 g/mol. The predicted octanol–water partition coefficient (Wildman–Crippen LogP) is 3.94. The Morgan fingerprint density at radius 3 is 2.09 bits per heavy atom. The van der Waals surface area contributed by atoms with E-state index in [0.717, 1.165) is 19.3 Å². The number of allylic oxidation sites excluding steroid dienone is 2. The van der Waals surface area contributed by atoms with Gasteiger partial charge >= 0.3 is 0 Å². The van der Waals surface area contributed by atoms with E-state index in [4.69, 9.17) is 0 Å². The molecule has 0 aliphatic heterocycles. The number of hydrogen-bond acceptors (Lipinski definition) is 0. The van der Waals surface area contributed by atoms with Gasteiger partial charge in [-0.25, -0.2) is 0 Å². The van der Waals surface area contributed by atoms with Gasteiger partial charge in [-0.3, -0.25) is 0 Å². The van der Waals surface area contributed by atoms with Gasteiger partial charge in [0.15, 0.2) is 0 Å². The molecule has 2 radical (unpaired) electrons. The topological polar surface area (TPSA) is 0 Å². The zero-order chi connectivity index (χ0) is 8.36. The molecule has 0 unspecified atom stereocenters. The van der Waals surface area contributed by atoms with Gasteiger partial charge in [-0.05, 0) is 25.7 Å². The van der Waals surface area contributed by atoms with Crippen molar-refractivity contribution < 1.29 is 0 Å². The van der Waals surface area contributed by atoms with Gasteiger partial charge in [0, 0.05) is 0 Å². The number of hydrogen-bond donors (Lipinski definition) is 0. The van der Waals surface area contributed by atoms with Crippen molar-refractivity contribution in [3.8, 4) is 0 Å². The fourth-order valence-corrected chi connectivity index (χ4v) is 0.969. The van der Waals surface area contributed by atoms with Gasteiger partial charge in [0.25, 0.3) is 0 Å². The lowest BCUT2D eigenvalue weighted by atomic mass is 10.1. The summed E-state index contributed by atoms with van der Waals surface area (Å²) >= 11 is 0. The van der Waals surface area contributed by atoms with E-state index in [0.29, 0.717) is 0 Å². The van der Waals surface area contributed by atoms with E-state index in [2.05, 4.69) is 26.0 Å². The van der Waals surface area contributed by atoms with Crippen LogP contribution in [0.25, 0.3) is 0 Å². The van der Waals surface area contributed by atoms with Crippen molar-refractivity contribution >= 4 is 0 Å². The quantitative estimate of drug-likeness (QED) is 0.383. The maximum Gasteiger partial charge on any atom is -0.0351 e. The van der Waals surface area contributed by atoms with Crippen molar-refractivity contribution in [1.82, 2.24) is 0 Å². The molecule has 0 amide bonds. The summed E-state index contributed by atoms with van der Waals surface area (Å²) in [5, 5.41) is 0. The molecule has 0 rings (SSSR count). The summed E-state index contributed by atoms with van der Waals surface area (Å²) in [5.41, 5.74) is 0. The zero-order valence-corrected chi connectivity index (χ0v) is 7.52. The minimum absolute atomic E-state index is 1.02. The molecule has 0 fully saturated rings. The molecule has 0 saturated carbocycles. The molecule has 0 aromatic carbocycles. The molecular weight excluding hydrogens is 132 g/mol. The summed E-state index contributed by atoms with van der Waals surface area (Å²) in [6.45, 7) is 7.58. The first kappa shape index (κ1) is 10.7. The Labute approximate surface area is 71.7 Å². The summed E-state index contributed by atoms with van der Waals surface area (Å²) in [7, 11) is 0. The molecule has 0 atom stereocenters. The summed E-state index contributed by atoms with van der Waals surface area (Å²) in [6.07, 6.45) is 12.9. The molecule has 0 heterocycles. The first-order chi connectivity index (χ1) is 5.41. The maximum atomic E-state index is 3.81. The summed E-state index contributed by atoms with van der Waals surface area (Å²) in [4.78, 5) is 0. The lowest BCUT2D eigenvalue weighted by molar-refractivity contribution is 0.694. The fraction of sp³-hybridized carbons (Fsp3) is 0.636. The Kier molecular flexibility index (Phi) is 9.51. The van der Waals surface area contributed by atoms with E-state index in [1.54, 1.807) is 0 Å². The summed E-state index contributed by atoms with van der Waals surface area (Å²) in [5.74, 6) is 0. The molecule has 0 N–H and O–H groups in total. The van der Waals surface area contributed by atoms with Crippen molar-refractivity contribution in [3.63, 3.8) is 0 Å². The van der Waals surface area contributed by atoms with Gasteiger partial charge in [0.1, 0.15) is 0 Å². The zero-order valence-electron chi connectivity index (χ0n) is 7.52. The summed E-state index contributed by atoms with van der Waals surface area (Å²) in [6, 6.07) is 0. The van der Waals surface area contributed by atoms with Gasteiger partial charge in [-0.15, -0.1) is 0 Å². The van der Waals surface area contributed by atoms with Crippen LogP contribution in [0.2, 0.25) is 0 Å². The molecule has 0 heteroatoms. The highest BCUT2D eigenvalue weighted by atomic mass is 13.9. The Morgan fingerprint density at radius 1 is 0.727 bits per heavy atom. The van der Waals surface area contributed by atoms with Crippen LogP contribution >= 0.6 is 0 Å². The second-order valence-electron chi connectivity index (χ2n) is 2.82. The second kappa shape index (κ2) is 9.74. The predicted molar refractivity (Wildman–Crippen MR) is 52.2 cm³/mol. The molecule has 0 aliphatic carbocycles. The normalized spacial score (nSPS) is 11.1. The molecule has 0 saturated heterocycles. The molecular formula is C11H20. The van der Waals surface area contributed by atoms with E-state index >= 15 is 0 Å². The molecule has 0 bridgehead atoms. The van der Waals surface area contributed by atoms with Gasteiger partial charge in [-0.1, -0.05) is 45.3 Å². The molecule has 0 nitrogen and oxygen atoms in total. The van der Waals surface area contributed by atoms with Crippen LogP contribution in [0.3, 0.4) is 0 Å². The Morgan fingerprint density at radius 2 is 1.45 bits per heavy atom. The van der Waals surface area contributed by atoms with Gasteiger partial charge < -0.3 is 0 Å². The maximum absolute atomic E-state index is 3.81. The molecule has 0 aromatic rings. The van der Waals surface area contributed by atoms with E-state index in [9.17, 15) is 0 Å². The second-order valence-corrected chi connectivity index (χ2v) is 2.82. The molecule has 0 aromatic heterocycles. The third-order valence-electron chi connectivity index (χ3n) is 1.66. The van der Waals surface area contributed by atoms with Crippen LogP contribution in [0.1, 0.15) is 44.9 Å². The average Bonchev–Trinajstić information content (AvgIpc) is 2.03. The van der Waals surface area contributed by atoms with Crippen molar-refractivity contribution in [1.29, 1.82) is 0 Å². The lowest BCUT2D eigenvalue weighted by Crippen LogP contribution is -1.73. The van der Waals surface area contributed by atoms with Crippen molar-refractivity contribution in [2.75, 3.05) is 0 Å². The van der Waals surface area contributed by atoms with E-state index in [-0.39, 0.29) is 0 Å². The van der Waals surface area contributed by atoms with Crippen LogP contribution < -0.4 is 0 Å². The average molecular weight is 152 g/mol. The standard InChI is InChI=1S/C11H20/c1-3-5-7-9-11-10-8-6-4-2/h7,9H,1-6,8,10-11H2. The lowest BCUT2D eigenvalue weighted by Gasteiger charge is -1.93. The van der Waals surface area contributed by atoms with E-state index in [1.807, 2.05) is 0 Å². The highest BCUT2D eigenvalue weighted by molar-refractivity contribution is 4.81. The highest BCUT2D eigenvalue weighted by Gasteiger charge is 1.83. The van der Waals surface area contributed by atoms with Crippen LogP contribution in [0, 0.1) is 13.8 Å². The van der Waals surface area contributed by atoms with Crippen LogP contribution in [0.15, 0.2) is 12.2 Å². The molecule has 64 valence electrons. The minimum Gasteiger partial charge on any atom is -0.0885 e. The van der Waals surface area contributed by atoms with Crippen LogP contribution in [0.4, 0.5) is 0 Å². The van der Waals surface area contributed by atoms with Crippen molar-refractivity contribution in [2.24, 2.45) is 0 Å². The van der Waals surface area contributed by atoms with Gasteiger partial charge in [0.2, 0.25) is 0 Å². The van der Waals surface area contributed by atoms with Gasteiger partial charge in [-0.2, -0.15) is 0 Å². The Bertz CT molecular complexity index is 82.0. The van der Waals surface area contributed by atoms with Crippen LogP contribution in [-0.4, -0.2) is 0 Å². The molecule has 0 aliphatic rings. The summed E-state index contributed by atoms with van der Waals surface area (Å²) < 4.78 is 0.